The van der Waals surface area contributed by atoms with Gasteiger partial charge in [-0.25, -0.2) is 18.2 Å². The van der Waals surface area contributed by atoms with E-state index in [1.54, 1.807) is 0 Å². The quantitative estimate of drug-likeness (QED) is 0.533. The van der Waals surface area contributed by atoms with Crippen LogP contribution in [0.3, 0.4) is 0 Å². The molecule has 0 radical (unpaired) electrons. The van der Waals surface area contributed by atoms with Gasteiger partial charge in [-0.2, -0.15) is 8.78 Å². The lowest BCUT2D eigenvalue weighted by molar-refractivity contribution is 0.250. The van der Waals surface area contributed by atoms with Crippen LogP contribution >= 0.6 is 11.6 Å². The van der Waals surface area contributed by atoms with E-state index in [1.807, 2.05) is 0 Å². The zero-order valence-corrected chi connectivity index (χ0v) is 10.8. The molecule has 0 saturated carbocycles. The molecule has 3 nitrogen and oxygen atoms in total. The second kappa shape index (κ2) is 5.72. The van der Waals surface area contributed by atoms with Crippen molar-refractivity contribution in [3.05, 3.63) is 51.9 Å². The van der Waals surface area contributed by atoms with Crippen molar-refractivity contribution in [1.29, 1.82) is 0 Å². The van der Waals surface area contributed by atoms with Gasteiger partial charge in [-0.3, -0.25) is 0 Å². The van der Waals surface area contributed by atoms with E-state index in [-0.39, 0.29) is 16.5 Å². The highest BCUT2D eigenvalue weighted by Gasteiger charge is 2.27. The lowest BCUT2D eigenvalue weighted by Crippen LogP contribution is -2.08. The Labute approximate surface area is 120 Å². The highest BCUT2D eigenvalue weighted by Crippen LogP contribution is 2.30. The highest BCUT2D eigenvalue weighted by atomic mass is 35.5. The molecular weight excluding hydrogens is 319 g/mol. The zero-order chi connectivity index (χ0) is 15.7. The van der Waals surface area contributed by atoms with Gasteiger partial charge in [0.1, 0.15) is 12.4 Å². The first-order valence-corrected chi connectivity index (χ1v) is 5.75. The van der Waals surface area contributed by atoms with Crippen molar-refractivity contribution in [3.8, 4) is 5.75 Å². The number of benzene rings is 1. The summed E-state index contributed by atoms with van der Waals surface area (Å²) in [6.45, 7) is -0.623. The number of nitrogens with two attached hydrogens (primary N) is 1. The first-order chi connectivity index (χ1) is 9.82. The molecule has 0 fully saturated rings. The van der Waals surface area contributed by atoms with Gasteiger partial charge >= 0.3 is 0 Å². The average molecular weight is 325 g/mol. The van der Waals surface area contributed by atoms with Crippen molar-refractivity contribution in [2.75, 3.05) is 5.73 Å². The van der Waals surface area contributed by atoms with Crippen LogP contribution in [0.5, 0.6) is 5.75 Å². The van der Waals surface area contributed by atoms with Gasteiger partial charge in [-0.1, -0.05) is 11.6 Å². The van der Waals surface area contributed by atoms with E-state index in [0.29, 0.717) is 0 Å². The van der Waals surface area contributed by atoms with Crippen LogP contribution in [0.1, 0.15) is 5.69 Å². The molecule has 9 heteroatoms. The van der Waals surface area contributed by atoms with Gasteiger partial charge in [0.15, 0.2) is 5.75 Å². The molecule has 21 heavy (non-hydrogen) atoms. The number of anilines is 1. The Balaban J connectivity index is 2.35. The minimum atomic E-state index is -2.27. The molecule has 0 atom stereocenters. The van der Waals surface area contributed by atoms with Crippen LogP contribution in [0.2, 0.25) is 5.02 Å². The van der Waals surface area contributed by atoms with Crippen molar-refractivity contribution in [1.82, 2.24) is 4.98 Å². The molecule has 2 rings (SSSR count). The first-order valence-electron chi connectivity index (χ1n) is 5.38. The molecule has 0 spiro atoms. The summed E-state index contributed by atoms with van der Waals surface area (Å²) in [5, 5.41) is 0.0630. The fourth-order valence-electron chi connectivity index (χ4n) is 1.45. The van der Waals surface area contributed by atoms with E-state index in [1.165, 1.54) is 12.1 Å². The summed E-state index contributed by atoms with van der Waals surface area (Å²) in [4.78, 5) is 3.72. The number of hydrogen-bond acceptors (Lipinski definition) is 3. The van der Waals surface area contributed by atoms with Crippen molar-refractivity contribution >= 4 is 17.4 Å². The molecule has 112 valence electrons. The van der Waals surface area contributed by atoms with Crippen LogP contribution in [0, 0.1) is 29.1 Å². The summed E-state index contributed by atoms with van der Waals surface area (Å²) >= 11 is 5.74. The topological polar surface area (TPSA) is 48.1 Å². The standard InChI is InChI=1S/C12H6ClF5N2O/c13-4-1-2-6(19)20-5(4)3-21-12-10(17)8(15)7(14)9(16)11(12)18/h1-2H,3H2,(H2,19,20). The van der Waals surface area contributed by atoms with E-state index >= 15 is 0 Å². The van der Waals surface area contributed by atoms with Crippen molar-refractivity contribution in [2.45, 2.75) is 6.61 Å². The molecule has 0 aliphatic rings. The molecular formula is C12H6ClF5N2O. The number of aromatic nitrogens is 1. The van der Waals surface area contributed by atoms with E-state index < -0.39 is 41.4 Å². The predicted octanol–water partition coefficient (Wildman–Crippen LogP) is 3.59. The number of hydrogen-bond donors (Lipinski definition) is 1. The smallest absolute Gasteiger partial charge is 0.207 e. The third-order valence-electron chi connectivity index (χ3n) is 2.46. The van der Waals surface area contributed by atoms with Crippen molar-refractivity contribution in [3.63, 3.8) is 0 Å². The monoisotopic (exact) mass is 324 g/mol. The fraction of sp³-hybridized carbons (Fsp3) is 0.0833. The normalized spacial score (nSPS) is 10.8. The Hall–Kier alpha value is -2.09. The van der Waals surface area contributed by atoms with Gasteiger partial charge < -0.3 is 10.5 Å². The molecule has 1 aromatic carbocycles. The lowest BCUT2D eigenvalue weighted by atomic mass is 10.2. The van der Waals surface area contributed by atoms with E-state index in [0.717, 1.165) is 0 Å². The minimum Gasteiger partial charge on any atom is -0.481 e. The first kappa shape index (κ1) is 15.3. The van der Waals surface area contributed by atoms with Crippen molar-refractivity contribution in [2.24, 2.45) is 0 Å². The molecule has 0 saturated heterocycles. The van der Waals surface area contributed by atoms with Crippen LogP contribution < -0.4 is 10.5 Å². The van der Waals surface area contributed by atoms with E-state index in [2.05, 4.69) is 9.72 Å². The van der Waals surface area contributed by atoms with Gasteiger partial charge in [-0.15, -0.1) is 0 Å². The second-order valence-electron chi connectivity index (χ2n) is 3.85. The molecule has 0 unspecified atom stereocenters. The largest absolute Gasteiger partial charge is 0.481 e. The van der Waals surface area contributed by atoms with Gasteiger partial charge in [0.25, 0.3) is 0 Å². The van der Waals surface area contributed by atoms with Crippen LogP contribution in [0.25, 0.3) is 0 Å². The predicted molar refractivity (Wildman–Crippen MR) is 64.2 cm³/mol. The summed E-state index contributed by atoms with van der Waals surface area (Å²) in [6.07, 6.45) is 0. The fourth-order valence-corrected chi connectivity index (χ4v) is 1.61. The van der Waals surface area contributed by atoms with E-state index in [9.17, 15) is 22.0 Å². The molecule has 1 aromatic heterocycles. The summed E-state index contributed by atoms with van der Waals surface area (Å²) in [7, 11) is 0. The van der Waals surface area contributed by atoms with Crippen LogP contribution in [0.4, 0.5) is 27.8 Å². The molecule has 0 amide bonds. The SMILES string of the molecule is Nc1ccc(Cl)c(COc2c(F)c(F)c(F)c(F)c2F)n1. The summed E-state index contributed by atoms with van der Waals surface area (Å²) in [6, 6.07) is 2.71. The molecule has 0 aliphatic heterocycles. The number of halogens is 6. The third kappa shape index (κ3) is 2.85. The zero-order valence-electron chi connectivity index (χ0n) is 10.1. The average Bonchev–Trinajstić information content (AvgIpc) is 2.46. The van der Waals surface area contributed by atoms with Gasteiger partial charge in [-0.05, 0) is 12.1 Å². The van der Waals surface area contributed by atoms with E-state index in [4.69, 9.17) is 17.3 Å². The maximum Gasteiger partial charge on any atom is 0.207 e. The Kier molecular flexibility index (Phi) is 4.17. The van der Waals surface area contributed by atoms with Crippen LogP contribution in [-0.4, -0.2) is 4.98 Å². The summed E-state index contributed by atoms with van der Waals surface area (Å²) in [5.74, 6) is -12.0. The summed E-state index contributed by atoms with van der Waals surface area (Å²) < 4.78 is 70.1. The molecule has 2 aromatic rings. The van der Waals surface area contributed by atoms with Crippen molar-refractivity contribution < 1.29 is 26.7 Å². The number of nitrogens with zero attached hydrogens (tertiary/aromatic N) is 1. The molecule has 0 aliphatic carbocycles. The number of nitrogen functional groups attached to an aromatic ring is 1. The highest BCUT2D eigenvalue weighted by molar-refractivity contribution is 6.31. The Morgan fingerprint density at radius 3 is 2.05 bits per heavy atom. The summed E-state index contributed by atoms with van der Waals surface area (Å²) in [5.41, 5.74) is 5.37. The van der Waals surface area contributed by atoms with Gasteiger partial charge in [0.2, 0.25) is 29.1 Å². The van der Waals surface area contributed by atoms with Crippen LogP contribution in [-0.2, 0) is 6.61 Å². The lowest BCUT2D eigenvalue weighted by Gasteiger charge is -2.11. The Morgan fingerprint density at radius 2 is 1.48 bits per heavy atom. The molecule has 1 heterocycles. The Morgan fingerprint density at radius 1 is 0.952 bits per heavy atom. The molecule has 2 N–H and O–H groups in total. The minimum absolute atomic E-state index is 0.0133. The number of ether oxygens (including phenoxy) is 1. The maximum atomic E-state index is 13.4. The Bertz CT molecular complexity index is 682. The second-order valence-corrected chi connectivity index (χ2v) is 4.26. The third-order valence-corrected chi connectivity index (χ3v) is 2.81. The number of pyridine rings is 1. The van der Waals surface area contributed by atoms with Gasteiger partial charge in [0, 0.05) is 0 Å². The van der Waals surface area contributed by atoms with Gasteiger partial charge in [0.05, 0.1) is 10.7 Å². The number of rotatable bonds is 3. The van der Waals surface area contributed by atoms with Crippen LogP contribution in [0.15, 0.2) is 12.1 Å². The maximum absolute atomic E-state index is 13.4. The molecule has 0 bridgehead atoms.